The van der Waals surface area contributed by atoms with Crippen LogP contribution in [0.5, 0.6) is 0 Å². The van der Waals surface area contributed by atoms with Crippen LogP contribution in [0.3, 0.4) is 0 Å². The van der Waals surface area contributed by atoms with Gasteiger partial charge in [-0.25, -0.2) is 4.57 Å². The molecule has 2 heterocycles. The number of rotatable bonds is 4. The molecule has 1 aromatic carbocycles. The summed E-state index contributed by atoms with van der Waals surface area (Å²) in [5.74, 6) is 0.623. The summed E-state index contributed by atoms with van der Waals surface area (Å²) >= 11 is 0. The number of anilines is 1. The van der Waals surface area contributed by atoms with Gasteiger partial charge in [0.25, 0.3) is 0 Å². The number of benzene rings is 1. The molecule has 5 N–H and O–H groups in total. The number of H-pyrrole nitrogens is 1. The van der Waals surface area contributed by atoms with Crippen molar-refractivity contribution in [2.75, 3.05) is 25.0 Å². The highest BCUT2D eigenvalue weighted by molar-refractivity contribution is 7.45. The number of likely N-dealkylation sites (tertiary alicyclic amines) is 1. The largest absolute Gasteiger partial charge is 0.466 e. The first-order chi connectivity index (χ1) is 11.8. The molecule has 25 heavy (non-hydrogen) atoms. The second kappa shape index (κ2) is 8.60. The van der Waals surface area contributed by atoms with Gasteiger partial charge in [0.1, 0.15) is 0 Å². The molecule has 0 saturated carbocycles. The second-order valence-corrected chi connectivity index (χ2v) is 7.01. The fourth-order valence-electron chi connectivity index (χ4n) is 3.20. The van der Waals surface area contributed by atoms with E-state index in [4.69, 9.17) is 19.2 Å². The zero-order valence-corrected chi connectivity index (χ0v) is 14.9. The molecule has 1 fully saturated rings. The van der Waals surface area contributed by atoms with E-state index in [-0.39, 0.29) is 0 Å². The second-order valence-electron chi connectivity index (χ2n) is 5.99. The summed E-state index contributed by atoms with van der Waals surface area (Å²) in [7, 11) is -4.64. The van der Waals surface area contributed by atoms with Crippen LogP contribution in [0.4, 0.5) is 5.69 Å². The maximum Gasteiger partial charge on any atom is 0.466 e. The number of hydrogen-bond acceptors (Lipinski definition) is 3. The molecule has 0 atom stereocenters. The smallest absolute Gasteiger partial charge is 0.361 e. The molecule has 1 saturated heterocycles. The number of piperidine rings is 1. The van der Waals surface area contributed by atoms with E-state index in [9.17, 15) is 4.79 Å². The normalized spacial score (nSPS) is 16.3. The first kappa shape index (κ1) is 19.6. The lowest BCUT2D eigenvalue weighted by atomic mass is 9.89. The van der Waals surface area contributed by atoms with Gasteiger partial charge in [-0.15, -0.1) is 0 Å². The van der Waals surface area contributed by atoms with Gasteiger partial charge < -0.3 is 29.9 Å². The van der Waals surface area contributed by atoms with E-state index in [0.29, 0.717) is 5.92 Å². The fraction of sp³-hybridized carbons (Fsp3) is 0.438. The van der Waals surface area contributed by atoms with Gasteiger partial charge >= 0.3 is 7.82 Å². The Hall–Kier alpha value is -1.70. The van der Waals surface area contributed by atoms with E-state index in [1.165, 1.54) is 36.9 Å². The minimum absolute atomic E-state index is 0.623. The Bertz CT molecular complexity index is 741. The van der Waals surface area contributed by atoms with Crippen molar-refractivity contribution in [2.24, 2.45) is 0 Å². The molecule has 3 rings (SSSR count). The van der Waals surface area contributed by atoms with Crippen LogP contribution in [-0.4, -0.2) is 50.6 Å². The Morgan fingerprint density at radius 2 is 1.96 bits per heavy atom. The first-order valence-corrected chi connectivity index (χ1v) is 9.70. The molecule has 0 radical (unpaired) electrons. The van der Waals surface area contributed by atoms with Crippen molar-refractivity contribution in [1.29, 1.82) is 0 Å². The van der Waals surface area contributed by atoms with Gasteiger partial charge in [-0.1, -0.05) is 6.92 Å². The predicted octanol–water partition coefficient (Wildman–Crippen LogP) is 2.01. The summed E-state index contributed by atoms with van der Waals surface area (Å²) < 4.78 is 8.88. The van der Waals surface area contributed by atoms with Crippen molar-refractivity contribution >= 4 is 30.8 Å². The van der Waals surface area contributed by atoms with Crippen molar-refractivity contribution in [2.45, 2.75) is 25.7 Å². The Labute approximate surface area is 146 Å². The number of hydrogen-bond donors (Lipinski definition) is 5. The molecule has 0 unspecified atom stereocenters. The Balaban J connectivity index is 0.000000399. The van der Waals surface area contributed by atoms with Gasteiger partial charge in [-0.3, -0.25) is 4.79 Å². The summed E-state index contributed by atoms with van der Waals surface area (Å²) in [4.78, 5) is 38.0. The molecule has 1 aliphatic heterocycles. The number of phosphoric acid groups is 1. The highest BCUT2D eigenvalue weighted by Crippen LogP contribution is 2.34. The zero-order chi connectivity index (χ0) is 18.4. The van der Waals surface area contributed by atoms with E-state index in [1.54, 1.807) is 0 Å². The molecule has 2 aromatic rings. The minimum atomic E-state index is -4.64. The quantitative estimate of drug-likeness (QED) is 0.415. The molecule has 8 nitrogen and oxygen atoms in total. The SMILES string of the molecule is CCN1CCC(c2c[nH]c3ccc(NC=O)cc23)CC1.O=P(O)(O)O. The van der Waals surface area contributed by atoms with E-state index >= 15 is 0 Å². The van der Waals surface area contributed by atoms with Crippen LogP contribution in [0.2, 0.25) is 0 Å². The molecule has 1 amide bonds. The molecule has 0 spiro atoms. The third-order valence-corrected chi connectivity index (χ3v) is 4.41. The van der Waals surface area contributed by atoms with Crippen LogP contribution in [0, 0.1) is 0 Å². The summed E-state index contributed by atoms with van der Waals surface area (Å²) in [6.07, 6.45) is 5.30. The van der Waals surface area contributed by atoms with Gasteiger partial charge in [0.05, 0.1) is 0 Å². The average Bonchev–Trinajstić information content (AvgIpc) is 2.97. The van der Waals surface area contributed by atoms with Gasteiger partial charge in [0, 0.05) is 22.8 Å². The highest BCUT2D eigenvalue weighted by atomic mass is 31.2. The number of amides is 1. The number of aromatic nitrogens is 1. The van der Waals surface area contributed by atoms with E-state index in [2.05, 4.69) is 34.4 Å². The third kappa shape index (κ3) is 5.95. The summed E-state index contributed by atoms with van der Waals surface area (Å²) in [5, 5.41) is 3.98. The molecule has 1 aliphatic rings. The Kier molecular flexibility index (Phi) is 6.75. The van der Waals surface area contributed by atoms with Crippen molar-refractivity contribution in [3.8, 4) is 0 Å². The zero-order valence-electron chi connectivity index (χ0n) is 14.1. The Morgan fingerprint density at radius 1 is 1.32 bits per heavy atom. The highest BCUT2D eigenvalue weighted by Gasteiger charge is 2.22. The maximum atomic E-state index is 10.6. The maximum absolute atomic E-state index is 10.6. The molecule has 0 aliphatic carbocycles. The molecular formula is C16H24N3O5P. The number of carbonyl (C=O) groups is 1. The number of fused-ring (bicyclic) bond motifs is 1. The number of nitrogens with one attached hydrogen (secondary N) is 2. The lowest BCUT2D eigenvalue weighted by molar-refractivity contribution is -0.105. The molecule has 9 heteroatoms. The fourth-order valence-corrected chi connectivity index (χ4v) is 3.20. The summed E-state index contributed by atoms with van der Waals surface area (Å²) in [5.41, 5.74) is 3.40. The average molecular weight is 369 g/mol. The van der Waals surface area contributed by atoms with Crippen molar-refractivity contribution < 1.29 is 24.0 Å². The summed E-state index contributed by atoms with van der Waals surface area (Å²) in [6, 6.07) is 6.03. The number of nitrogens with zero attached hydrogens (tertiary/aromatic N) is 1. The van der Waals surface area contributed by atoms with Crippen molar-refractivity contribution in [3.63, 3.8) is 0 Å². The molecule has 1 aromatic heterocycles. The standard InChI is InChI=1S/C16H21N3O.H3O4P/c1-2-19-7-5-12(6-8-19)15-10-17-16-4-3-13(18-11-20)9-14(15)16;1-5(2,3)4/h3-4,9-12,17H,2,5-8H2,1H3,(H,18,20);(H3,1,2,3,4). The van der Waals surface area contributed by atoms with Crippen LogP contribution >= 0.6 is 7.82 Å². The molecule has 138 valence electrons. The monoisotopic (exact) mass is 369 g/mol. The van der Waals surface area contributed by atoms with Crippen LogP contribution in [0.15, 0.2) is 24.4 Å². The Morgan fingerprint density at radius 3 is 2.52 bits per heavy atom. The van der Waals surface area contributed by atoms with Crippen molar-refractivity contribution in [3.05, 3.63) is 30.0 Å². The molecular weight excluding hydrogens is 345 g/mol. The van der Waals surface area contributed by atoms with Gasteiger partial charge in [0.15, 0.2) is 0 Å². The number of carbonyl (C=O) groups excluding carboxylic acids is 1. The third-order valence-electron chi connectivity index (χ3n) is 4.41. The topological polar surface area (TPSA) is 126 Å². The van der Waals surface area contributed by atoms with Gasteiger partial charge in [0.2, 0.25) is 6.41 Å². The number of aromatic amines is 1. The van der Waals surface area contributed by atoms with Gasteiger partial charge in [-0.2, -0.15) is 0 Å². The lowest BCUT2D eigenvalue weighted by Crippen LogP contribution is -2.32. The first-order valence-electron chi connectivity index (χ1n) is 8.13. The predicted molar refractivity (Wildman–Crippen MR) is 96.3 cm³/mol. The lowest BCUT2D eigenvalue weighted by Gasteiger charge is -2.30. The van der Waals surface area contributed by atoms with Crippen LogP contribution in [0.1, 0.15) is 31.2 Å². The van der Waals surface area contributed by atoms with E-state index in [1.807, 2.05) is 12.1 Å². The summed E-state index contributed by atoms with van der Waals surface area (Å²) in [6.45, 7) is 5.73. The van der Waals surface area contributed by atoms with E-state index < -0.39 is 7.82 Å². The van der Waals surface area contributed by atoms with Crippen LogP contribution < -0.4 is 5.32 Å². The molecule has 0 bridgehead atoms. The van der Waals surface area contributed by atoms with Gasteiger partial charge in [-0.05, 0) is 62.2 Å². The van der Waals surface area contributed by atoms with Crippen molar-refractivity contribution in [1.82, 2.24) is 9.88 Å². The van der Waals surface area contributed by atoms with Crippen LogP contribution in [0.25, 0.3) is 10.9 Å². The van der Waals surface area contributed by atoms with E-state index in [0.717, 1.165) is 24.2 Å². The minimum Gasteiger partial charge on any atom is -0.361 e. The van der Waals surface area contributed by atoms with Crippen LogP contribution in [-0.2, 0) is 9.36 Å².